The molecular formula is C17H21F3N4. The van der Waals surface area contributed by atoms with Gasteiger partial charge in [-0.1, -0.05) is 13.3 Å². The van der Waals surface area contributed by atoms with E-state index in [2.05, 4.69) is 22.2 Å². The van der Waals surface area contributed by atoms with E-state index >= 15 is 0 Å². The van der Waals surface area contributed by atoms with Crippen molar-refractivity contribution in [1.29, 1.82) is 0 Å². The topological polar surface area (TPSA) is 41.0 Å². The number of anilines is 3. The zero-order valence-corrected chi connectivity index (χ0v) is 14.0. The molecule has 0 atom stereocenters. The number of halogens is 3. The molecule has 2 rings (SSSR count). The van der Waals surface area contributed by atoms with Gasteiger partial charge in [-0.3, -0.25) is 0 Å². The number of rotatable bonds is 6. The van der Waals surface area contributed by atoms with Crippen LogP contribution in [0.2, 0.25) is 0 Å². The van der Waals surface area contributed by atoms with E-state index in [9.17, 15) is 13.2 Å². The Kier molecular flexibility index (Phi) is 5.64. The molecule has 0 aliphatic carbocycles. The van der Waals surface area contributed by atoms with E-state index < -0.39 is 11.7 Å². The van der Waals surface area contributed by atoms with Crippen LogP contribution < -0.4 is 10.2 Å². The zero-order chi connectivity index (χ0) is 17.7. The van der Waals surface area contributed by atoms with Crippen LogP contribution in [0.15, 0.2) is 30.3 Å². The van der Waals surface area contributed by atoms with Gasteiger partial charge in [0, 0.05) is 25.3 Å². The summed E-state index contributed by atoms with van der Waals surface area (Å²) in [6.45, 7) is 4.79. The summed E-state index contributed by atoms with van der Waals surface area (Å²) in [4.78, 5) is 10.7. The van der Waals surface area contributed by atoms with E-state index in [-0.39, 0.29) is 0 Å². The number of hydrogen-bond acceptors (Lipinski definition) is 4. The Labute approximate surface area is 139 Å². The smallest absolute Gasteiger partial charge is 0.360 e. The molecule has 0 fully saturated rings. The van der Waals surface area contributed by atoms with Crippen molar-refractivity contribution in [3.63, 3.8) is 0 Å². The van der Waals surface area contributed by atoms with Gasteiger partial charge in [0.2, 0.25) is 0 Å². The maximum Gasteiger partial charge on any atom is 0.416 e. The van der Waals surface area contributed by atoms with E-state index in [0.717, 1.165) is 37.3 Å². The summed E-state index contributed by atoms with van der Waals surface area (Å²) >= 11 is 0. The second-order valence-corrected chi connectivity index (χ2v) is 5.63. The monoisotopic (exact) mass is 338 g/mol. The number of nitrogens with one attached hydrogen (secondary N) is 1. The standard InChI is InChI=1S/C17H21F3N4/c1-4-5-10-24(3)16-11-15(21-12(2)22-16)23-14-8-6-13(7-9-14)17(18,19)20/h6-9,11H,4-5,10H2,1-3H3,(H,21,22,23). The first-order valence-electron chi connectivity index (χ1n) is 7.80. The average Bonchev–Trinajstić information content (AvgIpc) is 2.51. The number of nitrogens with zero attached hydrogens (tertiary/aromatic N) is 3. The van der Waals surface area contributed by atoms with E-state index in [0.29, 0.717) is 17.3 Å². The van der Waals surface area contributed by atoms with Crippen molar-refractivity contribution in [2.75, 3.05) is 23.8 Å². The minimum atomic E-state index is -4.33. The molecule has 0 aliphatic rings. The molecule has 0 bridgehead atoms. The molecule has 0 amide bonds. The minimum Gasteiger partial charge on any atom is -0.360 e. The fourth-order valence-corrected chi connectivity index (χ4v) is 2.21. The van der Waals surface area contributed by atoms with Crippen molar-refractivity contribution in [1.82, 2.24) is 9.97 Å². The number of aromatic nitrogens is 2. The van der Waals surface area contributed by atoms with Gasteiger partial charge in [0.05, 0.1) is 5.56 Å². The lowest BCUT2D eigenvalue weighted by Crippen LogP contribution is -2.20. The van der Waals surface area contributed by atoms with Crippen LogP contribution in [0.3, 0.4) is 0 Å². The summed E-state index contributed by atoms with van der Waals surface area (Å²) in [7, 11) is 1.96. The van der Waals surface area contributed by atoms with E-state index in [4.69, 9.17) is 0 Å². The SMILES string of the molecule is CCCCN(C)c1cc(Nc2ccc(C(F)(F)F)cc2)nc(C)n1. The maximum absolute atomic E-state index is 12.6. The molecule has 7 heteroatoms. The van der Waals surface area contributed by atoms with Gasteiger partial charge in [-0.05, 0) is 37.6 Å². The molecule has 0 saturated carbocycles. The van der Waals surface area contributed by atoms with Gasteiger partial charge < -0.3 is 10.2 Å². The highest BCUT2D eigenvalue weighted by atomic mass is 19.4. The fraction of sp³-hybridized carbons (Fsp3) is 0.412. The first-order valence-corrected chi connectivity index (χ1v) is 7.80. The largest absolute Gasteiger partial charge is 0.416 e. The molecule has 2 aromatic rings. The van der Waals surface area contributed by atoms with Crippen LogP contribution in [0.5, 0.6) is 0 Å². The first-order chi connectivity index (χ1) is 11.3. The lowest BCUT2D eigenvalue weighted by molar-refractivity contribution is -0.137. The van der Waals surface area contributed by atoms with Crippen LogP contribution in [0, 0.1) is 6.92 Å². The molecule has 1 heterocycles. The summed E-state index contributed by atoms with van der Waals surface area (Å²) in [5.41, 5.74) is -0.129. The lowest BCUT2D eigenvalue weighted by Gasteiger charge is -2.19. The van der Waals surface area contributed by atoms with Crippen LogP contribution >= 0.6 is 0 Å². The van der Waals surface area contributed by atoms with Gasteiger partial charge in [-0.15, -0.1) is 0 Å². The highest BCUT2D eigenvalue weighted by Gasteiger charge is 2.29. The van der Waals surface area contributed by atoms with E-state index in [1.165, 1.54) is 12.1 Å². The molecule has 130 valence electrons. The van der Waals surface area contributed by atoms with Crippen LogP contribution in [0.25, 0.3) is 0 Å². The Bertz CT molecular complexity index is 669. The Balaban J connectivity index is 2.16. The van der Waals surface area contributed by atoms with Crippen molar-refractivity contribution < 1.29 is 13.2 Å². The Morgan fingerprint density at radius 1 is 1.12 bits per heavy atom. The summed E-state index contributed by atoms with van der Waals surface area (Å²) in [6, 6.07) is 6.66. The number of alkyl halides is 3. The fourth-order valence-electron chi connectivity index (χ4n) is 2.21. The Morgan fingerprint density at radius 3 is 2.38 bits per heavy atom. The van der Waals surface area contributed by atoms with Gasteiger partial charge >= 0.3 is 6.18 Å². The summed E-state index contributed by atoms with van der Waals surface area (Å²) in [5, 5.41) is 3.03. The average molecular weight is 338 g/mol. The molecule has 0 radical (unpaired) electrons. The van der Waals surface area contributed by atoms with Crippen molar-refractivity contribution in [3.05, 3.63) is 41.7 Å². The van der Waals surface area contributed by atoms with Crippen molar-refractivity contribution >= 4 is 17.3 Å². The van der Waals surface area contributed by atoms with Gasteiger partial charge in [-0.25, -0.2) is 9.97 Å². The minimum absolute atomic E-state index is 0.545. The predicted molar refractivity (Wildman–Crippen MR) is 89.7 cm³/mol. The molecule has 24 heavy (non-hydrogen) atoms. The molecule has 0 aliphatic heterocycles. The van der Waals surface area contributed by atoms with Gasteiger partial charge in [-0.2, -0.15) is 13.2 Å². The van der Waals surface area contributed by atoms with Gasteiger partial charge in [0.15, 0.2) is 0 Å². The second kappa shape index (κ2) is 7.51. The van der Waals surface area contributed by atoms with Gasteiger partial charge in [0.1, 0.15) is 17.5 Å². The van der Waals surface area contributed by atoms with Crippen molar-refractivity contribution in [2.45, 2.75) is 32.9 Å². The molecule has 0 unspecified atom stereocenters. The predicted octanol–water partition coefficient (Wildman–Crippen LogP) is 4.78. The highest BCUT2D eigenvalue weighted by Crippen LogP contribution is 2.30. The molecule has 0 saturated heterocycles. The number of unbranched alkanes of at least 4 members (excludes halogenated alkanes) is 1. The molecular weight excluding hydrogens is 317 g/mol. The Morgan fingerprint density at radius 2 is 1.79 bits per heavy atom. The van der Waals surface area contributed by atoms with Crippen LogP contribution in [-0.4, -0.2) is 23.6 Å². The third-order valence-electron chi connectivity index (χ3n) is 3.55. The lowest BCUT2D eigenvalue weighted by atomic mass is 10.2. The quantitative estimate of drug-likeness (QED) is 0.823. The highest BCUT2D eigenvalue weighted by molar-refractivity contribution is 5.60. The van der Waals surface area contributed by atoms with Crippen LogP contribution in [-0.2, 0) is 6.18 Å². The van der Waals surface area contributed by atoms with Crippen LogP contribution in [0.4, 0.5) is 30.5 Å². The number of benzene rings is 1. The third kappa shape index (κ3) is 4.84. The third-order valence-corrected chi connectivity index (χ3v) is 3.55. The van der Waals surface area contributed by atoms with E-state index in [1.807, 2.05) is 11.9 Å². The summed E-state index contributed by atoms with van der Waals surface area (Å²) in [6.07, 6.45) is -2.19. The van der Waals surface area contributed by atoms with Crippen molar-refractivity contribution in [3.8, 4) is 0 Å². The molecule has 1 aromatic carbocycles. The van der Waals surface area contributed by atoms with Crippen LogP contribution in [0.1, 0.15) is 31.2 Å². The zero-order valence-electron chi connectivity index (χ0n) is 14.0. The first kappa shape index (κ1) is 18.0. The molecule has 0 spiro atoms. The molecule has 1 aromatic heterocycles. The van der Waals surface area contributed by atoms with Crippen molar-refractivity contribution in [2.24, 2.45) is 0 Å². The van der Waals surface area contributed by atoms with Gasteiger partial charge in [0.25, 0.3) is 0 Å². The number of hydrogen-bond donors (Lipinski definition) is 1. The number of aryl methyl sites for hydroxylation is 1. The molecule has 4 nitrogen and oxygen atoms in total. The molecule has 1 N–H and O–H groups in total. The van der Waals surface area contributed by atoms with E-state index in [1.54, 1.807) is 13.0 Å². The summed E-state index contributed by atoms with van der Waals surface area (Å²) < 4.78 is 37.8. The normalized spacial score (nSPS) is 11.4. The summed E-state index contributed by atoms with van der Waals surface area (Å²) in [5.74, 6) is 1.94. The second-order valence-electron chi connectivity index (χ2n) is 5.63. The Hall–Kier alpha value is -2.31. The maximum atomic E-state index is 12.6.